The van der Waals surface area contributed by atoms with Gasteiger partial charge in [0.1, 0.15) is 6.04 Å². The molecule has 6 heteroatoms. The first-order valence-corrected chi connectivity index (χ1v) is 6.81. The summed E-state index contributed by atoms with van der Waals surface area (Å²) in [5, 5.41) is 0. The van der Waals surface area contributed by atoms with Crippen molar-refractivity contribution >= 4 is 12.3 Å². The zero-order chi connectivity index (χ0) is 13.8. The fourth-order valence-electron chi connectivity index (χ4n) is 2.75. The van der Waals surface area contributed by atoms with Gasteiger partial charge in [0.25, 0.3) is 0 Å². The second kappa shape index (κ2) is 6.34. The average Bonchev–Trinajstić information content (AvgIpc) is 2.46. The topological polar surface area (TPSA) is 53.1 Å². The van der Waals surface area contributed by atoms with Crippen LogP contribution in [0.2, 0.25) is 0 Å². The third-order valence-electron chi connectivity index (χ3n) is 4.03. The lowest BCUT2D eigenvalue weighted by Crippen LogP contribution is -2.56. The summed E-state index contributed by atoms with van der Waals surface area (Å²) in [5.41, 5.74) is 0. The number of carbonyl (C=O) groups is 1. The van der Waals surface area contributed by atoms with Crippen molar-refractivity contribution in [2.24, 2.45) is 0 Å². The molecule has 2 fully saturated rings. The standard InChI is InChI=1S/C13H22N3O3/c1-14(2)11-3-4-16(10-17)12(9-11)13(18)15-5-7-19-8-6-15/h11-12H,3-9H2,1-2H3. The monoisotopic (exact) mass is 268 g/mol. The lowest BCUT2D eigenvalue weighted by atomic mass is 9.95. The molecule has 0 aromatic heterocycles. The van der Waals surface area contributed by atoms with Gasteiger partial charge in [-0.3, -0.25) is 9.59 Å². The Morgan fingerprint density at radius 1 is 1.26 bits per heavy atom. The molecule has 2 amide bonds. The van der Waals surface area contributed by atoms with Gasteiger partial charge in [-0.25, -0.2) is 0 Å². The highest BCUT2D eigenvalue weighted by Gasteiger charge is 2.36. The van der Waals surface area contributed by atoms with Crippen LogP contribution in [0, 0.1) is 0 Å². The zero-order valence-electron chi connectivity index (χ0n) is 11.7. The number of piperidine rings is 1. The first-order valence-electron chi connectivity index (χ1n) is 6.81. The van der Waals surface area contributed by atoms with Crippen LogP contribution in [-0.4, -0.2) is 86.0 Å². The first-order chi connectivity index (χ1) is 9.13. The summed E-state index contributed by atoms with van der Waals surface area (Å²) in [7, 11) is 4.03. The number of carbonyl (C=O) groups excluding carboxylic acids is 2. The molecule has 0 aromatic carbocycles. The lowest BCUT2D eigenvalue weighted by Gasteiger charge is -2.41. The van der Waals surface area contributed by atoms with Crippen molar-refractivity contribution in [3.8, 4) is 0 Å². The van der Waals surface area contributed by atoms with Crippen molar-refractivity contribution in [1.82, 2.24) is 14.7 Å². The minimum Gasteiger partial charge on any atom is -0.378 e. The van der Waals surface area contributed by atoms with E-state index in [0.717, 1.165) is 6.42 Å². The van der Waals surface area contributed by atoms with Crippen LogP contribution in [0.1, 0.15) is 12.8 Å². The van der Waals surface area contributed by atoms with Crippen molar-refractivity contribution in [3.63, 3.8) is 0 Å². The second-order valence-corrected chi connectivity index (χ2v) is 5.38. The van der Waals surface area contributed by atoms with Crippen LogP contribution in [0.3, 0.4) is 0 Å². The van der Waals surface area contributed by atoms with Crippen molar-refractivity contribution < 1.29 is 14.3 Å². The van der Waals surface area contributed by atoms with Gasteiger partial charge in [-0.15, -0.1) is 0 Å². The third kappa shape index (κ3) is 3.25. The highest BCUT2D eigenvalue weighted by atomic mass is 16.5. The fourth-order valence-corrected chi connectivity index (χ4v) is 2.75. The average molecular weight is 268 g/mol. The summed E-state index contributed by atoms with van der Waals surface area (Å²) >= 11 is 0. The summed E-state index contributed by atoms with van der Waals surface area (Å²) in [6.07, 6.45) is 3.51. The highest BCUT2D eigenvalue weighted by Crippen LogP contribution is 2.21. The smallest absolute Gasteiger partial charge is 0.312 e. The molecule has 0 saturated carbocycles. The van der Waals surface area contributed by atoms with Crippen LogP contribution < -0.4 is 0 Å². The molecule has 0 spiro atoms. The Hall–Kier alpha value is -1.14. The Kier molecular flexibility index (Phi) is 4.76. The number of hydrogen-bond donors (Lipinski definition) is 0. The van der Waals surface area contributed by atoms with E-state index in [1.54, 1.807) is 4.90 Å². The van der Waals surface area contributed by atoms with E-state index in [1.165, 1.54) is 4.90 Å². The van der Waals surface area contributed by atoms with Gasteiger partial charge in [0, 0.05) is 25.7 Å². The zero-order valence-corrected chi connectivity index (χ0v) is 11.7. The molecule has 0 aliphatic carbocycles. The van der Waals surface area contributed by atoms with Crippen molar-refractivity contribution in [2.75, 3.05) is 46.9 Å². The number of ether oxygens (including phenoxy) is 1. The predicted molar refractivity (Wildman–Crippen MR) is 70.3 cm³/mol. The van der Waals surface area contributed by atoms with E-state index in [2.05, 4.69) is 4.90 Å². The van der Waals surface area contributed by atoms with Crippen LogP contribution in [-0.2, 0) is 14.3 Å². The Morgan fingerprint density at radius 2 is 1.95 bits per heavy atom. The van der Waals surface area contributed by atoms with E-state index in [9.17, 15) is 9.59 Å². The van der Waals surface area contributed by atoms with E-state index in [-0.39, 0.29) is 11.9 Å². The summed E-state index contributed by atoms with van der Waals surface area (Å²) in [6, 6.07) is -0.0173. The molecular weight excluding hydrogens is 246 g/mol. The Bertz CT molecular complexity index is 329. The van der Waals surface area contributed by atoms with Gasteiger partial charge < -0.3 is 19.4 Å². The molecule has 2 saturated heterocycles. The number of morpholine rings is 1. The quantitative estimate of drug-likeness (QED) is 0.680. The molecule has 2 heterocycles. The number of nitrogens with zero attached hydrogens (tertiary/aromatic N) is 3. The van der Waals surface area contributed by atoms with Crippen LogP contribution in [0.5, 0.6) is 0 Å². The van der Waals surface area contributed by atoms with Crippen LogP contribution in [0.4, 0.5) is 0 Å². The van der Waals surface area contributed by atoms with E-state index < -0.39 is 0 Å². The van der Waals surface area contributed by atoms with Crippen LogP contribution >= 0.6 is 0 Å². The Labute approximate surface area is 114 Å². The number of hydrogen-bond acceptors (Lipinski definition) is 4. The fraction of sp³-hybridized carbons (Fsp3) is 0.846. The Balaban J connectivity index is 2.04. The second-order valence-electron chi connectivity index (χ2n) is 5.38. The summed E-state index contributed by atoms with van der Waals surface area (Å²) in [5.74, 6) is 0.0400. The molecule has 2 aliphatic rings. The molecule has 2 atom stereocenters. The minimum absolute atomic E-state index is 0.0400. The molecule has 2 unspecified atom stereocenters. The summed E-state index contributed by atoms with van der Waals surface area (Å²) in [4.78, 5) is 29.0. The maximum atomic E-state index is 12.5. The molecule has 0 aromatic rings. The maximum absolute atomic E-state index is 12.5. The highest BCUT2D eigenvalue weighted by molar-refractivity contribution is 5.84. The van der Waals surface area contributed by atoms with Gasteiger partial charge in [0.05, 0.1) is 13.2 Å². The summed E-state index contributed by atoms with van der Waals surface area (Å²) < 4.78 is 5.26. The van der Waals surface area contributed by atoms with Gasteiger partial charge in [-0.05, 0) is 26.9 Å². The maximum Gasteiger partial charge on any atom is 0.312 e. The largest absolute Gasteiger partial charge is 0.378 e. The van der Waals surface area contributed by atoms with Crippen molar-refractivity contribution in [1.29, 1.82) is 0 Å². The predicted octanol–water partition coefficient (Wildman–Crippen LogP) is -0.693. The van der Waals surface area contributed by atoms with Crippen LogP contribution in [0.15, 0.2) is 0 Å². The van der Waals surface area contributed by atoms with Crippen molar-refractivity contribution in [2.45, 2.75) is 24.9 Å². The number of likely N-dealkylation sites (tertiary alicyclic amines) is 1. The molecule has 107 valence electrons. The molecule has 2 aliphatic heterocycles. The summed E-state index contributed by atoms with van der Waals surface area (Å²) in [6.45, 7) is 3.01. The minimum atomic E-state index is -0.364. The van der Waals surface area contributed by atoms with Gasteiger partial charge in [0.15, 0.2) is 0 Å². The lowest BCUT2D eigenvalue weighted by molar-refractivity contribution is -0.141. The van der Waals surface area contributed by atoms with Gasteiger partial charge in [-0.2, -0.15) is 0 Å². The van der Waals surface area contributed by atoms with Gasteiger partial charge >= 0.3 is 6.41 Å². The number of amides is 2. The van der Waals surface area contributed by atoms with Gasteiger partial charge in [0.2, 0.25) is 5.91 Å². The van der Waals surface area contributed by atoms with Crippen LogP contribution in [0.25, 0.3) is 0 Å². The number of rotatable bonds is 3. The SMILES string of the molecule is CN(C)C1CCN([C]=O)C(C(=O)N2CCOCC2)C1. The molecule has 0 bridgehead atoms. The Morgan fingerprint density at radius 3 is 2.53 bits per heavy atom. The normalized spacial score (nSPS) is 28.6. The molecule has 6 nitrogen and oxygen atoms in total. The van der Waals surface area contributed by atoms with E-state index in [4.69, 9.17) is 4.74 Å². The molecule has 2 rings (SSSR count). The molecule has 0 N–H and O–H groups in total. The van der Waals surface area contributed by atoms with E-state index >= 15 is 0 Å². The molecular formula is C13H22N3O3. The molecule has 1 radical (unpaired) electrons. The van der Waals surface area contributed by atoms with Gasteiger partial charge in [-0.1, -0.05) is 0 Å². The third-order valence-corrected chi connectivity index (χ3v) is 4.03. The van der Waals surface area contributed by atoms with Crippen molar-refractivity contribution in [3.05, 3.63) is 0 Å². The first kappa shape index (κ1) is 14.3. The molecule has 19 heavy (non-hydrogen) atoms. The van der Waals surface area contributed by atoms with E-state index in [1.807, 2.05) is 20.5 Å². The van der Waals surface area contributed by atoms with E-state index in [0.29, 0.717) is 45.3 Å².